The SMILES string of the molecule is O=C(CCCN=C1NS(=O)(=O)c2ccccc21)OCc1ccc(F)cc1Br. The molecule has 0 fully saturated rings. The molecule has 2 aromatic carbocycles. The second-order valence-electron chi connectivity index (χ2n) is 5.83. The van der Waals surface area contributed by atoms with Crippen LogP contribution in [-0.4, -0.2) is 26.8 Å². The fraction of sp³-hybridized carbons (Fsp3) is 0.222. The lowest BCUT2D eigenvalue weighted by atomic mass is 10.2. The molecule has 1 aliphatic heterocycles. The van der Waals surface area contributed by atoms with Gasteiger partial charge in [-0.15, -0.1) is 0 Å². The fourth-order valence-electron chi connectivity index (χ4n) is 2.53. The van der Waals surface area contributed by atoms with Crippen molar-refractivity contribution in [2.24, 2.45) is 4.99 Å². The van der Waals surface area contributed by atoms with Gasteiger partial charge in [0.15, 0.2) is 0 Å². The Balaban J connectivity index is 1.49. The highest BCUT2D eigenvalue weighted by Crippen LogP contribution is 2.22. The van der Waals surface area contributed by atoms with Crippen LogP contribution < -0.4 is 4.72 Å². The van der Waals surface area contributed by atoms with Crippen LogP contribution in [0.4, 0.5) is 4.39 Å². The van der Waals surface area contributed by atoms with E-state index < -0.39 is 16.0 Å². The van der Waals surface area contributed by atoms with Crippen LogP contribution in [0.5, 0.6) is 0 Å². The third-order valence-corrected chi connectivity index (χ3v) is 6.01. The van der Waals surface area contributed by atoms with Crippen LogP contribution in [0.25, 0.3) is 0 Å². The molecule has 27 heavy (non-hydrogen) atoms. The molecule has 0 saturated heterocycles. The molecule has 3 rings (SSSR count). The number of rotatable bonds is 6. The van der Waals surface area contributed by atoms with Gasteiger partial charge in [0.05, 0.1) is 4.90 Å². The molecule has 142 valence electrons. The van der Waals surface area contributed by atoms with Gasteiger partial charge in [0.2, 0.25) is 0 Å². The summed E-state index contributed by atoms with van der Waals surface area (Å²) < 4.78 is 45.1. The molecule has 0 unspecified atom stereocenters. The Labute approximate surface area is 164 Å². The lowest BCUT2D eigenvalue weighted by Crippen LogP contribution is -2.22. The van der Waals surface area contributed by atoms with Crippen molar-refractivity contribution in [1.29, 1.82) is 0 Å². The number of halogens is 2. The summed E-state index contributed by atoms with van der Waals surface area (Å²) in [6.07, 6.45) is 0.556. The molecule has 0 atom stereocenters. The summed E-state index contributed by atoms with van der Waals surface area (Å²) in [7, 11) is -3.56. The second kappa shape index (κ2) is 8.18. The first-order valence-corrected chi connectivity index (χ1v) is 10.4. The zero-order valence-corrected chi connectivity index (χ0v) is 16.5. The number of ether oxygens (including phenoxy) is 1. The van der Waals surface area contributed by atoms with Crippen LogP contribution in [0.1, 0.15) is 24.0 Å². The van der Waals surface area contributed by atoms with Crippen molar-refractivity contribution in [1.82, 2.24) is 4.72 Å². The number of hydrogen-bond donors (Lipinski definition) is 1. The summed E-state index contributed by atoms with van der Waals surface area (Å²) in [6, 6.07) is 10.7. The monoisotopic (exact) mass is 454 g/mol. The summed E-state index contributed by atoms with van der Waals surface area (Å²) in [5.41, 5.74) is 1.20. The molecule has 0 saturated carbocycles. The molecule has 0 amide bonds. The van der Waals surface area contributed by atoms with Crippen LogP contribution in [0.3, 0.4) is 0 Å². The number of aliphatic imine (C=N–C) groups is 1. The molecule has 2 aromatic rings. The van der Waals surface area contributed by atoms with Crippen molar-refractivity contribution in [2.75, 3.05) is 6.54 Å². The van der Waals surface area contributed by atoms with Crippen molar-refractivity contribution in [3.05, 3.63) is 63.9 Å². The van der Waals surface area contributed by atoms with Gasteiger partial charge < -0.3 is 4.74 Å². The Morgan fingerprint density at radius 1 is 1.22 bits per heavy atom. The standard InChI is InChI=1S/C18H16BrFN2O4S/c19-15-10-13(20)8-7-12(15)11-26-17(23)6-3-9-21-18-14-4-1-2-5-16(14)27(24,25)22-18/h1-2,4-5,7-8,10H,3,6,9,11H2,(H,21,22). The summed E-state index contributed by atoms with van der Waals surface area (Å²) in [6.45, 7) is 0.322. The average molecular weight is 455 g/mol. The van der Waals surface area contributed by atoms with Crippen LogP contribution in [0.15, 0.2) is 56.8 Å². The van der Waals surface area contributed by atoms with Gasteiger partial charge in [-0.3, -0.25) is 14.5 Å². The lowest BCUT2D eigenvalue weighted by molar-refractivity contribution is -0.145. The Hall–Kier alpha value is -2.26. The van der Waals surface area contributed by atoms with E-state index in [4.69, 9.17) is 4.74 Å². The fourth-order valence-corrected chi connectivity index (χ4v) is 4.25. The van der Waals surface area contributed by atoms with E-state index in [1.54, 1.807) is 24.3 Å². The van der Waals surface area contributed by atoms with Crippen molar-refractivity contribution in [3.63, 3.8) is 0 Å². The second-order valence-corrected chi connectivity index (χ2v) is 8.34. The zero-order valence-electron chi connectivity index (χ0n) is 14.1. The molecule has 0 spiro atoms. The van der Waals surface area contributed by atoms with Crippen molar-refractivity contribution < 1.29 is 22.3 Å². The number of nitrogens with one attached hydrogen (secondary N) is 1. The highest BCUT2D eigenvalue weighted by atomic mass is 79.9. The minimum absolute atomic E-state index is 0.0430. The highest BCUT2D eigenvalue weighted by molar-refractivity contribution is 9.10. The molecule has 1 aliphatic rings. The maximum absolute atomic E-state index is 13.0. The van der Waals surface area contributed by atoms with Gasteiger partial charge in [0.25, 0.3) is 10.0 Å². The molecule has 9 heteroatoms. The van der Waals surface area contributed by atoms with Gasteiger partial charge in [-0.1, -0.05) is 34.1 Å². The maximum atomic E-state index is 13.0. The van der Waals surface area contributed by atoms with Crippen LogP contribution >= 0.6 is 15.9 Å². The van der Waals surface area contributed by atoms with E-state index in [0.29, 0.717) is 22.0 Å². The smallest absolute Gasteiger partial charge is 0.306 e. The van der Waals surface area contributed by atoms with E-state index in [-0.39, 0.29) is 36.1 Å². The number of amidine groups is 1. The molecule has 0 aliphatic carbocycles. The normalized spacial score (nSPS) is 16.0. The molecule has 1 heterocycles. The van der Waals surface area contributed by atoms with Crippen molar-refractivity contribution in [3.8, 4) is 0 Å². The largest absolute Gasteiger partial charge is 0.461 e. The highest BCUT2D eigenvalue weighted by Gasteiger charge is 2.29. The molecule has 6 nitrogen and oxygen atoms in total. The molecule has 0 aromatic heterocycles. The van der Waals surface area contributed by atoms with Crippen LogP contribution in [-0.2, 0) is 26.2 Å². The Bertz CT molecular complexity index is 1010. The molecule has 0 radical (unpaired) electrons. The van der Waals surface area contributed by atoms with Gasteiger partial charge in [-0.05, 0) is 30.7 Å². The summed E-state index contributed by atoms with van der Waals surface area (Å²) in [5.74, 6) is -0.492. The van der Waals surface area contributed by atoms with Gasteiger partial charge in [0.1, 0.15) is 18.3 Å². The predicted molar refractivity (Wildman–Crippen MR) is 101 cm³/mol. The third-order valence-electron chi connectivity index (χ3n) is 3.88. The van der Waals surface area contributed by atoms with Crippen molar-refractivity contribution >= 4 is 37.8 Å². The van der Waals surface area contributed by atoms with Crippen LogP contribution in [0, 0.1) is 5.82 Å². The van der Waals surface area contributed by atoms with E-state index in [1.165, 1.54) is 18.2 Å². The first-order chi connectivity index (χ1) is 12.9. The number of fused-ring (bicyclic) bond motifs is 1. The molecule has 1 N–H and O–H groups in total. The molecule has 0 bridgehead atoms. The zero-order chi connectivity index (χ0) is 19.4. The van der Waals surface area contributed by atoms with Gasteiger partial charge >= 0.3 is 5.97 Å². The first kappa shape index (κ1) is 19.5. The first-order valence-electron chi connectivity index (χ1n) is 8.13. The van der Waals surface area contributed by atoms with Gasteiger partial charge in [0, 0.05) is 28.6 Å². The van der Waals surface area contributed by atoms with Gasteiger partial charge in [-0.25, -0.2) is 12.8 Å². The Morgan fingerprint density at radius 2 is 2.00 bits per heavy atom. The van der Waals surface area contributed by atoms with Crippen LogP contribution in [0.2, 0.25) is 0 Å². The van der Waals surface area contributed by atoms with E-state index in [9.17, 15) is 17.6 Å². The van der Waals surface area contributed by atoms with E-state index in [1.807, 2.05) is 0 Å². The summed E-state index contributed by atoms with van der Waals surface area (Å²) in [5, 5.41) is 0. The minimum Gasteiger partial charge on any atom is -0.461 e. The topological polar surface area (TPSA) is 84.8 Å². The number of carbonyl (C=O) groups excluding carboxylic acids is 1. The Morgan fingerprint density at radius 3 is 2.78 bits per heavy atom. The number of benzene rings is 2. The lowest BCUT2D eigenvalue weighted by Gasteiger charge is -2.06. The molecular weight excluding hydrogens is 439 g/mol. The van der Waals surface area contributed by atoms with Crippen molar-refractivity contribution in [2.45, 2.75) is 24.3 Å². The summed E-state index contributed by atoms with van der Waals surface area (Å²) in [4.78, 5) is 16.3. The van der Waals surface area contributed by atoms with E-state index in [0.717, 1.165) is 0 Å². The molecular formula is C18H16BrFN2O4S. The number of esters is 1. The number of carbonyl (C=O) groups is 1. The maximum Gasteiger partial charge on any atom is 0.306 e. The average Bonchev–Trinajstić information content (AvgIpc) is 2.89. The number of hydrogen-bond acceptors (Lipinski definition) is 5. The minimum atomic E-state index is -3.56. The van der Waals surface area contributed by atoms with Gasteiger partial charge in [-0.2, -0.15) is 0 Å². The summed E-state index contributed by atoms with van der Waals surface area (Å²) >= 11 is 3.22. The number of sulfonamides is 1. The Kier molecular flexibility index (Phi) is 5.91. The third kappa shape index (κ3) is 4.72. The van der Waals surface area contributed by atoms with E-state index in [2.05, 4.69) is 25.6 Å². The number of nitrogens with zero attached hydrogens (tertiary/aromatic N) is 1. The quantitative estimate of drug-likeness (QED) is 0.536. The predicted octanol–water partition coefficient (Wildman–Crippen LogP) is 3.15. The van der Waals surface area contributed by atoms with E-state index >= 15 is 0 Å².